The quantitative estimate of drug-likeness (QED) is 0.836. The van der Waals surface area contributed by atoms with E-state index in [-0.39, 0.29) is 5.57 Å². The molecule has 0 fully saturated rings. The highest BCUT2D eigenvalue weighted by molar-refractivity contribution is 7.08. The van der Waals surface area contributed by atoms with Crippen LogP contribution in [0.3, 0.4) is 0 Å². The van der Waals surface area contributed by atoms with Gasteiger partial charge in [-0.3, -0.25) is 0 Å². The van der Waals surface area contributed by atoms with Gasteiger partial charge in [-0.1, -0.05) is 0 Å². The first-order chi connectivity index (χ1) is 9.47. The fraction of sp³-hybridized carbons (Fsp3) is 0.286. The maximum atomic E-state index is 12.0. The molecule has 0 spiro atoms. The number of hydrogen-bond donors (Lipinski definition) is 2. The molecule has 2 heterocycles. The molecule has 0 aromatic carbocycles. The molecular weight excluding hydrogens is 278 g/mol. The van der Waals surface area contributed by atoms with E-state index in [2.05, 4.69) is 5.32 Å². The molecule has 106 valence electrons. The first kappa shape index (κ1) is 14.3. The van der Waals surface area contributed by atoms with Crippen LogP contribution in [0.15, 0.2) is 39.4 Å². The van der Waals surface area contributed by atoms with Crippen molar-refractivity contribution in [2.24, 2.45) is 0 Å². The van der Waals surface area contributed by atoms with E-state index in [9.17, 15) is 14.7 Å². The predicted octanol–water partition coefficient (Wildman–Crippen LogP) is 2.24. The zero-order valence-corrected chi connectivity index (χ0v) is 12.2. The molecule has 1 unspecified atom stereocenters. The summed E-state index contributed by atoms with van der Waals surface area (Å²) in [7, 11) is 1.29. The Hall–Kier alpha value is -2.08. The van der Waals surface area contributed by atoms with E-state index >= 15 is 0 Å². The maximum absolute atomic E-state index is 12.0. The van der Waals surface area contributed by atoms with Gasteiger partial charge in [-0.2, -0.15) is 11.3 Å². The second-order valence-electron chi connectivity index (χ2n) is 4.49. The molecule has 1 aromatic heterocycles. The molecule has 5 nitrogen and oxygen atoms in total. The van der Waals surface area contributed by atoms with Crippen molar-refractivity contribution in [2.45, 2.75) is 19.8 Å². The van der Waals surface area contributed by atoms with Gasteiger partial charge in [0.25, 0.3) is 0 Å². The number of hydrogen-bond acceptors (Lipinski definition) is 5. The van der Waals surface area contributed by atoms with Crippen molar-refractivity contribution < 1.29 is 19.4 Å². The zero-order valence-electron chi connectivity index (χ0n) is 11.4. The van der Waals surface area contributed by atoms with E-state index in [1.54, 1.807) is 13.8 Å². The highest BCUT2D eigenvalue weighted by Crippen LogP contribution is 2.39. The third-order valence-electron chi connectivity index (χ3n) is 3.27. The number of carbonyl (C=O) groups excluding carboxylic acids is 1. The van der Waals surface area contributed by atoms with Crippen molar-refractivity contribution in [1.29, 1.82) is 0 Å². The van der Waals surface area contributed by atoms with Gasteiger partial charge >= 0.3 is 11.9 Å². The SMILES string of the molecule is COC(=O)C1=C(C)NC(C)=C(C(=O)O)C1c1ccsc1. The lowest BCUT2D eigenvalue weighted by Gasteiger charge is -2.28. The highest BCUT2D eigenvalue weighted by atomic mass is 32.1. The van der Waals surface area contributed by atoms with Crippen molar-refractivity contribution in [3.05, 3.63) is 44.9 Å². The van der Waals surface area contributed by atoms with Gasteiger partial charge in [0.2, 0.25) is 0 Å². The Bertz CT molecular complexity index is 613. The fourth-order valence-corrected chi connectivity index (χ4v) is 3.12. The molecule has 20 heavy (non-hydrogen) atoms. The van der Waals surface area contributed by atoms with Crippen LogP contribution in [0, 0.1) is 0 Å². The van der Waals surface area contributed by atoms with Crippen molar-refractivity contribution in [3.8, 4) is 0 Å². The number of esters is 1. The van der Waals surface area contributed by atoms with Gasteiger partial charge in [-0.25, -0.2) is 9.59 Å². The largest absolute Gasteiger partial charge is 0.478 e. The minimum Gasteiger partial charge on any atom is -0.478 e. The number of carboxylic acids is 1. The summed E-state index contributed by atoms with van der Waals surface area (Å²) >= 11 is 1.46. The average Bonchev–Trinajstić information content (AvgIpc) is 2.90. The Morgan fingerprint density at radius 3 is 2.45 bits per heavy atom. The first-order valence-electron chi connectivity index (χ1n) is 5.99. The lowest BCUT2D eigenvalue weighted by molar-refractivity contribution is -0.136. The standard InChI is InChI=1S/C14H15NO4S/c1-7-10(13(16)17)12(9-4-5-20-6-9)11(8(2)15-7)14(18)19-3/h4-6,12,15H,1-3H3,(H,16,17). The number of methoxy groups -OCH3 is 1. The summed E-state index contributed by atoms with van der Waals surface area (Å²) in [4.78, 5) is 23.6. The van der Waals surface area contributed by atoms with E-state index in [1.807, 2.05) is 16.8 Å². The van der Waals surface area contributed by atoms with Gasteiger partial charge in [0.15, 0.2) is 0 Å². The summed E-state index contributed by atoms with van der Waals surface area (Å²) in [5.74, 6) is -2.16. The van der Waals surface area contributed by atoms with Gasteiger partial charge in [-0.05, 0) is 36.2 Å². The molecule has 6 heteroatoms. The number of nitrogens with one attached hydrogen (secondary N) is 1. The maximum Gasteiger partial charge on any atom is 0.336 e. The Balaban J connectivity index is 2.63. The second-order valence-corrected chi connectivity index (χ2v) is 5.27. The number of aliphatic carboxylic acids is 1. The topological polar surface area (TPSA) is 75.6 Å². The molecule has 1 aliphatic rings. The second kappa shape index (κ2) is 5.50. The number of allylic oxidation sites excluding steroid dienone is 2. The molecule has 2 N–H and O–H groups in total. The van der Waals surface area contributed by atoms with Gasteiger partial charge < -0.3 is 15.2 Å². The third-order valence-corrected chi connectivity index (χ3v) is 3.97. The van der Waals surface area contributed by atoms with Crippen molar-refractivity contribution in [2.75, 3.05) is 7.11 Å². The molecular formula is C14H15NO4S. The number of dihydropyridines is 1. The molecule has 0 amide bonds. The smallest absolute Gasteiger partial charge is 0.336 e. The zero-order chi connectivity index (χ0) is 14.9. The third kappa shape index (κ3) is 2.34. The average molecular weight is 293 g/mol. The summed E-state index contributed by atoms with van der Waals surface area (Å²) < 4.78 is 4.80. The van der Waals surface area contributed by atoms with Crippen LogP contribution < -0.4 is 5.32 Å². The number of ether oxygens (including phenoxy) is 1. The Morgan fingerprint density at radius 2 is 1.95 bits per heavy atom. The minimum absolute atomic E-state index is 0.175. The van der Waals surface area contributed by atoms with Gasteiger partial charge in [0, 0.05) is 11.4 Å². The van der Waals surface area contributed by atoms with Crippen LogP contribution in [0.1, 0.15) is 25.3 Å². The summed E-state index contributed by atoms with van der Waals surface area (Å²) in [6, 6.07) is 1.83. The van der Waals surface area contributed by atoms with Crippen LogP contribution in [-0.4, -0.2) is 24.2 Å². The van der Waals surface area contributed by atoms with Gasteiger partial charge in [0.05, 0.1) is 24.2 Å². The molecule has 0 saturated heterocycles. The molecule has 0 saturated carbocycles. The molecule has 1 aliphatic heterocycles. The summed E-state index contributed by atoms with van der Waals surface area (Å²) in [6.45, 7) is 3.44. The summed E-state index contributed by atoms with van der Waals surface area (Å²) in [5, 5.41) is 16.1. The Morgan fingerprint density at radius 1 is 1.30 bits per heavy atom. The van der Waals surface area contributed by atoms with Crippen LogP contribution in [0.2, 0.25) is 0 Å². The van der Waals surface area contributed by atoms with Crippen LogP contribution >= 0.6 is 11.3 Å². The van der Waals surface area contributed by atoms with Crippen LogP contribution in [-0.2, 0) is 14.3 Å². The van der Waals surface area contributed by atoms with E-state index in [4.69, 9.17) is 4.74 Å². The Kier molecular flexibility index (Phi) is 3.94. The van der Waals surface area contributed by atoms with E-state index in [0.717, 1.165) is 5.56 Å². The molecule has 0 bridgehead atoms. The van der Waals surface area contributed by atoms with Crippen LogP contribution in [0.4, 0.5) is 0 Å². The minimum atomic E-state index is -1.04. The summed E-state index contributed by atoms with van der Waals surface area (Å²) in [6.07, 6.45) is 0. The monoisotopic (exact) mass is 293 g/mol. The lowest BCUT2D eigenvalue weighted by atomic mass is 9.81. The van der Waals surface area contributed by atoms with Crippen molar-refractivity contribution in [1.82, 2.24) is 5.32 Å². The van der Waals surface area contributed by atoms with E-state index < -0.39 is 17.9 Å². The molecule has 0 radical (unpaired) electrons. The van der Waals surface area contributed by atoms with Crippen molar-refractivity contribution >= 4 is 23.3 Å². The molecule has 2 rings (SSSR count). The molecule has 1 atom stereocenters. The van der Waals surface area contributed by atoms with Crippen molar-refractivity contribution in [3.63, 3.8) is 0 Å². The molecule has 1 aromatic rings. The first-order valence-corrected chi connectivity index (χ1v) is 6.94. The number of carbonyl (C=O) groups is 2. The Labute approximate surface area is 120 Å². The normalized spacial score (nSPS) is 18.9. The highest BCUT2D eigenvalue weighted by Gasteiger charge is 2.37. The van der Waals surface area contributed by atoms with E-state index in [1.165, 1.54) is 18.4 Å². The predicted molar refractivity (Wildman–Crippen MR) is 75.2 cm³/mol. The van der Waals surface area contributed by atoms with Crippen LogP contribution in [0.5, 0.6) is 0 Å². The van der Waals surface area contributed by atoms with E-state index in [0.29, 0.717) is 17.0 Å². The lowest BCUT2D eigenvalue weighted by Crippen LogP contribution is -2.31. The number of rotatable bonds is 3. The van der Waals surface area contributed by atoms with Crippen LogP contribution in [0.25, 0.3) is 0 Å². The number of carboxylic acid groups (broad SMARTS) is 1. The van der Waals surface area contributed by atoms with Gasteiger partial charge in [0.1, 0.15) is 0 Å². The van der Waals surface area contributed by atoms with Gasteiger partial charge in [-0.15, -0.1) is 0 Å². The fourth-order valence-electron chi connectivity index (χ4n) is 2.43. The molecule has 0 aliphatic carbocycles. The summed E-state index contributed by atoms with van der Waals surface area (Å²) in [5.41, 5.74) is 2.46. The number of thiophene rings is 1.